The molecule has 0 atom stereocenters. The number of carboxylic acid groups (broad SMARTS) is 1. The van der Waals surface area contributed by atoms with Crippen LogP contribution in [0.15, 0.2) is 66.7 Å². The Morgan fingerprint density at radius 2 is 1.39 bits per heavy atom. The Kier molecular flexibility index (Phi) is 7.97. The maximum Gasteiger partial charge on any atom is 0.511 e. The molecule has 1 saturated carbocycles. The van der Waals surface area contributed by atoms with Gasteiger partial charge in [-0.3, -0.25) is 4.79 Å². The van der Waals surface area contributed by atoms with Crippen LogP contribution in [0, 0.1) is 5.92 Å². The van der Waals surface area contributed by atoms with Gasteiger partial charge in [0.25, 0.3) is 0 Å². The van der Waals surface area contributed by atoms with Crippen LogP contribution in [0.3, 0.4) is 0 Å². The number of aromatic nitrogens is 2. The number of halogens is 5. The fourth-order valence-corrected chi connectivity index (χ4v) is 7.46. The monoisotopic (exact) mass is 665 g/mol. The van der Waals surface area contributed by atoms with Crippen molar-refractivity contribution < 1.29 is 31.5 Å². The maximum atomic E-state index is 13.4. The van der Waals surface area contributed by atoms with Crippen LogP contribution in [0.4, 0.5) is 13.2 Å². The van der Waals surface area contributed by atoms with Gasteiger partial charge in [0, 0.05) is 35.6 Å². The largest absolute Gasteiger partial charge is 0.511 e. The molecule has 6 rings (SSSR count). The van der Waals surface area contributed by atoms with E-state index < -0.39 is 26.9 Å². The Hall–Kier alpha value is -3.12. The van der Waals surface area contributed by atoms with E-state index in [-0.39, 0.29) is 37.8 Å². The van der Waals surface area contributed by atoms with Crippen molar-refractivity contribution in [1.82, 2.24) is 13.9 Å². The topological polar surface area (TPSA) is 92.5 Å². The number of sulfonamides is 1. The van der Waals surface area contributed by atoms with Gasteiger partial charge in [-0.05, 0) is 84.7 Å². The molecule has 2 aliphatic rings. The van der Waals surface area contributed by atoms with Crippen molar-refractivity contribution >= 4 is 50.2 Å². The lowest BCUT2D eigenvalue weighted by Crippen LogP contribution is -2.45. The normalized spacial score (nSPS) is 17.3. The molecular weight excluding hydrogens is 638 g/mol. The van der Waals surface area contributed by atoms with Gasteiger partial charge < -0.3 is 9.67 Å². The van der Waals surface area contributed by atoms with Crippen LogP contribution in [0.1, 0.15) is 54.1 Å². The highest BCUT2D eigenvalue weighted by Gasteiger charge is 2.50. The molecule has 2 heterocycles. The molecule has 4 aromatic rings. The van der Waals surface area contributed by atoms with Gasteiger partial charge in [-0.25, -0.2) is 13.4 Å². The molecule has 1 aromatic heterocycles. The molecule has 0 unspecified atom stereocenters. The lowest BCUT2D eigenvalue weighted by atomic mass is 9.69. The van der Waals surface area contributed by atoms with E-state index in [4.69, 9.17) is 28.2 Å². The molecule has 0 spiro atoms. The fourth-order valence-electron chi connectivity index (χ4n) is 6.23. The van der Waals surface area contributed by atoms with Crippen molar-refractivity contribution in [3.63, 3.8) is 0 Å². The minimum Gasteiger partial charge on any atom is -0.480 e. The van der Waals surface area contributed by atoms with Crippen LogP contribution in [-0.4, -0.2) is 51.9 Å². The molecule has 1 aliphatic heterocycles. The predicted molar refractivity (Wildman–Crippen MR) is 161 cm³/mol. The summed E-state index contributed by atoms with van der Waals surface area (Å²) in [6, 6.07) is 18.7. The van der Waals surface area contributed by atoms with Crippen molar-refractivity contribution in [2.24, 2.45) is 5.92 Å². The molecule has 7 nitrogen and oxygen atoms in total. The fraction of sp³-hybridized carbons (Fsp3) is 0.355. The summed E-state index contributed by atoms with van der Waals surface area (Å²) in [5, 5.41) is 11.9. The average molecular weight is 667 g/mol. The average Bonchev–Trinajstić information content (AvgIpc) is 3.77. The quantitative estimate of drug-likeness (QED) is 0.201. The summed E-state index contributed by atoms with van der Waals surface area (Å²) >= 11 is 12.3. The number of carboxylic acids is 1. The number of hydrogen-bond acceptors (Lipinski definition) is 4. The van der Waals surface area contributed by atoms with E-state index in [2.05, 4.69) is 0 Å². The Bertz CT molecular complexity index is 1770. The van der Waals surface area contributed by atoms with E-state index in [1.54, 1.807) is 60.7 Å². The zero-order valence-corrected chi connectivity index (χ0v) is 25.6. The number of nitrogens with zero attached hydrogens (tertiary/aromatic N) is 3. The highest BCUT2D eigenvalue weighted by molar-refractivity contribution is 7.90. The molecule has 0 amide bonds. The summed E-state index contributed by atoms with van der Waals surface area (Å²) < 4.78 is 65.8. The van der Waals surface area contributed by atoms with Crippen LogP contribution in [0.5, 0.6) is 0 Å². The minimum atomic E-state index is -5.38. The van der Waals surface area contributed by atoms with E-state index in [0.717, 1.165) is 18.7 Å². The lowest BCUT2D eigenvalue weighted by Gasteiger charge is -2.32. The minimum absolute atomic E-state index is 0.0926. The highest BCUT2D eigenvalue weighted by Crippen LogP contribution is 2.44. The first-order chi connectivity index (χ1) is 20.8. The van der Waals surface area contributed by atoms with Crippen molar-refractivity contribution in [2.45, 2.75) is 49.1 Å². The second-order valence-electron chi connectivity index (χ2n) is 11.4. The van der Waals surface area contributed by atoms with E-state index >= 15 is 0 Å². The molecular formula is C31H28Cl2F3N3O4S. The Morgan fingerprint density at radius 3 is 1.86 bits per heavy atom. The number of aliphatic carboxylic acids is 1. The first-order valence-corrected chi connectivity index (χ1v) is 16.3. The number of fused-ring (bicyclic) bond motifs is 1. The van der Waals surface area contributed by atoms with Crippen LogP contribution in [0.2, 0.25) is 10.0 Å². The Balaban J connectivity index is 1.43. The van der Waals surface area contributed by atoms with Gasteiger partial charge in [0.15, 0.2) is 0 Å². The van der Waals surface area contributed by atoms with Gasteiger partial charge in [-0.2, -0.15) is 17.5 Å². The van der Waals surface area contributed by atoms with Crippen molar-refractivity contribution in [2.75, 3.05) is 13.1 Å². The number of piperidine rings is 1. The molecule has 13 heteroatoms. The summed E-state index contributed by atoms with van der Waals surface area (Å²) in [6.45, 7) is -0.0233. The molecule has 0 radical (unpaired) electrons. The Labute approximate surface area is 262 Å². The molecule has 1 saturated heterocycles. The van der Waals surface area contributed by atoms with Crippen LogP contribution >= 0.6 is 23.2 Å². The van der Waals surface area contributed by atoms with Gasteiger partial charge in [0.1, 0.15) is 11.2 Å². The van der Waals surface area contributed by atoms with E-state index in [9.17, 15) is 31.5 Å². The summed E-state index contributed by atoms with van der Waals surface area (Å²) in [4.78, 5) is 18.3. The molecule has 232 valence electrons. The number of rotatable bonds is 8. The molecule has 3 aromatic carbocycles. The molecule has 44 heavy (non-hydrogen) atoms. The third-order valence-electron chi connectivity index (χ3n) is 8.68. The second kappa shape index (κ2) is 11.3. The smallest absolute Gasteiger partial charge is 0.480 e. The summed E-state index contributed by atoms with van der Waals surface area (Å²) in [6.07, 6.45) is 2.42. The lowest BCUT2D eigenvalue weighted by molar-refractivity contribution is -0.140. The van der Waals surface area contributed by atoms with Gasteiger partial charge in [0.05, 0.1) is 11.0 Å². The van der Waals surface area contributed by atoms with Gasteiger partial charge in [-0.1, -0.05) is 53.5 Å². The van der Waals surface area contributed by atoms with Gasteiger partial charge in [-0.15, -0.1) is 0 Å². The number of imidazole rings is 1. The van der Waals surface area contributed by atoms with Crippen molar-refractivity contribution in [3.8, 4) is 0 Å². The number of benzene rings is 3. The molecule has 1 N–H and O–H groups in total. The number of hydrogen-bond donors (Lipinski definition) is 1. The first kappa shape index (κ1) is 30.9. The van der Waals surface area contributed by atoms with Crippen LogP contribution in [0.25, 0.3) is 11.0 Å². The predicted octanol–water partition coefficient (Wildman–Crippen LogP) is 7.20. The van der Waals surface area contributed by atoms with E-state index in [1.165, 1.54) is 0 Å². The molecule has 2 fully saturated rings. The summed E-state index contributed by atoms with van der Waals surface area (Å²) in [5.74, 6) is -0.118. The number of alkyl halides is 3. The SMILES string of the molecule is O=C(O)C(c1ccc(Cl)cc1)(c1ccc(Cl)cc1)c1ccc2nc(C3CC3)n(CC3CCN(S(=O)(=O)C(F)(F)F)CC3)c2c1. The van der Waals surface area contributed by atoms with Crippen LogP contribution in [-0.2, 0) is 26.8 Å². The van der Waals surface area contributed by atoms with E-state index in [1.807, 2.05) is 10.6 Å². The molecule has 1 aliphatic carbocycles. The van der Waals surface area contributed by atoms with E-state index in [0.29, 0.717) is 48.6 Å². The van der Waals surface area contributed by atoms with Crippen molar-refractivity contribution in [1.29, 1.82) is 0 Å². The van der Waals surface area contributed by atoms with Gasteiger partial charge >= 0.3 is 21.5 Å². The maximum absolute atomic E-state index is 13.4. The third-order valence-corrected chi connectivity index (χ3v) is 10.8. The Morgan fingerprint density at radius 1 is 0.864 bits per heavy atom. The number of carbonyl (C=O) groups is 1. The summed E-state index contributed by atoms with van der Waals surface area (Å²) in [7, 11) is -5.38. The summed E-state index contributed by atoms with van der Waals surface area (Å²) in [5.41, 5.74) is -4.11. The molecule has 0 bridgehead atoms. The standard InChI is InChI=1S/C31H28Cl2F3N3O4S/c32-24-8-3-21(4-9-24)30(29(40)41,22-5-10-25(33)11-6-22)23-7-12-26-27(17-23)39(28(37-26)20-1-2-20)18-19-13-15-38(16-14-19)44(42,43)31(34,35)36/h3-12,17,19-20H,1-2,13-16,18H2,(H,40,41). The zero-order valence-electron chi connectivity index (χ0n) is 23.3. The first-order valence-electron chi connectivity index (χ1n) is 14.1. The van der Waals surface area contributed by atoms with Crippen LogP contribution < -0.4 is 0 Å². The zero-order chi connectivity index (χ0) is 31.4. The third kappa shape index (κ3) is 5.37. The van der Waals surface area contributed by atoms with Crippen molar-refractivity contribution in [3.05, 3.63) is 99.3 Å². The highest BCUT2D eigenvalue weighted by atomic mass is 35.5. The van der Waals surface area contributed by atoms with Gasteiger partial charge in [0.2, 0.25) is 0 Å². The second-order valence-corrected chi connectivity index (χ2v) is 14.2.